The van der Waals surface area contributed by atoms with E-state index in [1.807, 2.05) is 72.8 Å². The molecule has 2 aliphatic rings. The smallest absolute Gasteiger partial charge is 0.164 e. The standard InChI is InChI=1S/C57H42N6/c1-3-38(51-58-52(39-20-8-4-9-21-39)60-53(59-51)40-22-10-5-11-23-40)32-34-44-37(2)57(48-30-18-16-28-45(48)46-29-17-19-31-49(46)57)50-36-43(33-35-47(44)50)56-62-54(41-24-12-6-13-25-41)61-55(63-56)42-26-14-7-15-27-42/h4-36,38H,3H2,1-2H3/b34-32-. The molecule has 1 unspecified atom stereocenters. The van der Waals surface area contributed by atoms with Crippen LogP contribution in [-0.4, -0.2) is 29.9 Å². The Morgan fingerprint density at radius 1 is 0.413 bits per heavy atom. The Bertz CT molecular complexity index is 3050. The molecule has 6 heteroatoms. The first kappa shape index (κ1) is 38.0. The molecular weight excluding hydrogens is 769 g/mol. The van der Waals surface area contributed by atoms with Crippen LogP contribution in [0.2, 0.25) is 0 Å². The minimum atomic E-state index is -0.536. The Balaban J connectivity index is 1.09. The average Bonchev–Trinajstić information content (AvgIpc) is 3.80. The van der Waals surface area contributed by atoms with E-state index >= 15 is 0 Å². The van der Waals surface area contributed by atoms with E-state index in [-0.39, 0.29) is 5.92 Å². The minimum absolute atomic E-state index is 0.0707. The fourth-order valence-electron chi connectivity index (χ4n) is 9.52. The molecule has 2 aliphatic carbocycles. The molecule has 1 atom stereocenters. The van der Waals surface area contributed by atoms with Gasteiger partial charge in [-0.1, -0.05) is 201 Å². The zero-order valence-electron chi connectivity index (χ0n) is 35.0. The van der Waals surface area contributed by atoms with Crippen LogP contribution in [0.4, 0.5) is 0 Å². The van der Waals surface area contributed by atoms with Crippen molar-refractivity contribution >= 4 is 5.57 Å². The van der Waals surface area contributed by atoms with Crippen molar-refractivity contribution in [3.8, 4) is 68.1 Å². The lowest BCUT2D eigenvalue weighted by atomic mass is 9.70. The van der Waals surface area contributed by atoms with Crippen LogP contribution in [0.3, 0.4) is 0 Å². The lowest BCUT2D eigenvalue weighted by Crippen LogP contribution is -2.26. The molecule has 0 aliphatic heterocycles. The Morgan fingerprint density at radius 2 is 0.810 bits per heavy atom. The van der Waals surface area contributed by atoms with Gasteiger partial charge in [0.1, 0.15) is 5.82 Å². The van der Waals surface area contributed by atoms with E-state index in [2.05, 4.69) is 141 Å². The van der Waals surface area contributed by atoms with E-state index in [9.17, 15) is 0 Å². The first-order valence-corrected chi connectivity index (χ1v) is 21.6. The van der Waals surface area contributed by atoms with Crippen LogP contribution in [-0.2, 0) is 5.41 Å². The number of aromatic nitrogens is 6. The molecule has 6 nitrogen and oxygen atoms in total. The van der Waals surface area contributed by atoms with Crippen molar-refractivity contribution < 1.29 is 0 Å². The third-order valence-corrected chi connectivity index (χ3v) is 12.6. The van der Waals surface area contributed by atoms with Crippen LogP contribution >= 0.6 is 0 Å². The maximum Gasteiger partial charge on any atom is 0.164 e. The molecule has 9 aromatic rings. The van der Waals surface area contributed by atoms with Crippen molar-refractivity contribution in [2.45, 2.75) is 31.6 Å². The average molecular weight is 811 g/mol. The van der Waals surface area contributed by atoms with E-state index in [1.54, 1.807) is 0 Å². The number of benzene rings is 7. The van der Waals surface area contributed by atoms with Crippen LogP contribution in [0.1, 0.15) is 54.3 Å². The van der Waals surface area contributed by atoms with Gasteiger partial charge >= 0.3 is 0 Å². The molecule has 0 saturated carbocycles. The number of allylic oxidation sites excluding steroid dienone is 4. The maximum atomic E-state index is 5.16. The Morgan fingerprint density at radius 3 is 1.25 bits per heavy atom. The van der Waals surface area contributed by atoms with Crippen molar-refractivity contribution in [1.29, 1.82) is 0 Å². The number of nitrogens with zero attached hydrogens (tertiary/aromatic N) is 6. The fourth-order valence-corrected chi connectivity index (χ4v) is 9.52. The van der Waals surface area contributed by atoms with E-state index < -0.39 is 5.41 Å². The van der Waals surface area contributed by atoms with Gasteiger partial charge in [0, 0.05) is 33.7 Å². The third kappa shape index (κ3) is 6.50. The van der Waals surface area contributed by atoms with Gasteiger partial charge in [0.25, 0.3) is 0 Å². The zero-order chi connectivity index (χ0) is 42.3. The van der Waals surface area contributed by atoms with Crippen molar-refractivity contribution in [3.63, 3.8) is 0 Å². The molecule has 11 rings (SSSR count). The summed E-state index contributed by atoms with van der Waals surface area (Å²) in [4.78, 5) is 30.5. The van der Waals surface area contributed by atoms with Crippen molar-refractivity contribution in [3.05, 3.63) is 234 Å². The predicted octanol–water partition coefficient (Wildman–Crippen LogP) is 13.2. The van der Waals surface area contributed by atoms with Crippen LogP contribution < -0.4 is 0 Å². The molecule has 0 radical (unpaired) electrons. The van der Waals surface area contributed by atoms with Crippen LogP contribution in [0.5, 0.6) is 0 Å². The number of hydrogen-bond acceptors (Lipinski definition) is 6. The fraction of sp³-hybridized carbons (Fsp3) is 0.0877. The van der Waals surface area contributed by atoms with Crippen LogP contribution in [0, 0.1) is 0 Å². The Hall–Kier alpha value is -7.96. The Labute approximate surface area is 367 Å². The normalized spacial score (nSPS) is 13.9. The molecule has 2 heterocycles. The predicted molar refractivity (Wildman–Crippen MR) is 253 cm³/mol. The summed E-state index contributed by atoms with van der Waals surface area (Å²) >= 11 is 0. The van der Waals surface area contributed by atoms with Gasteiger partial charge in [-0.3, -0.25) is 0 Å². The van der Waals surface area contributed by atoms with Crippen LogP contribution in [0.15, 0.2) is 206 Å². The molecule has 0 N–H and O–H groups in total. The second-order valence-corrected chi connectivity index (χ2v) is 16.1. The number of hydrogen-bond donors (Lipinski definition) is 0. The van der Waals surface area contributed by atoms with Gasteiger partial charge in [-0.05, 0) is 63.9 Å². The summed E-state index contributed by atoms with van der Waals surface area (Å²) in [5, 5.41) is 0. The van der Waals surface area contributed by atoms with Crippen molar-refractivity contribution in [2.24, 2.45) is 0 Å². The Kier molecular flexibility index (Phi) is 9.54. The molecule has 1 spiro atoms. The minimum Gasteiger partial charge on any atom is -0.212 e. The summed E-state index contributed by atoms with van der Waals surface area (Å²) < 4.78 is 0. The first-order chi connectivity index (χ1) is 31.1. The van der Waals surface area contributed by atoms with Gasteiger partial charge < -0.3 is 0 Å². The third-order valence-electron chi connectivity index (χ3n) is 12.6. The highest BCUT2D eigenvalue weighted by Crippen LogP contribution is 2.62. The topological polar surface area (TPSA) is 77.3 Å². The van der Waals surface area contributed by atoms with Gasteiger partial charge in [-0.2, -0.15) is 0 Å². The second kappa shape index (κ2) is 15.8. The lowest BCUT2D eigenvalue weighted by Gasteiger charge is -2.31. The molecule has 0 bridgehead atoms. The quantitative estimate of drug-likeness (QED) is 0.144. The highest BCUT2D eigenvalue weighted by molar-refractivity contribution is 5.97. The summed E-state index contributed by atoms with van der Waals surface area (Å²) in [7, 11) is 0. The summed E-state index contributed by atoms with van der Waals surface area (Å²) in [5.74, 6) is 3.92. The van der Waals surface area contributed by atoms with Gasteiger partial charge in [0.2, 0.25) is 0 Å². The van der Waals surface area contributed by atoms with Crippen LogP contribution in [0.25, 0.3) is 73.6 Å². The van der Waals surface area contributed by atoms with Gasteiger partial charge in [0.15, 0.2) is 29.1 Å². The van der Waals surface area contributed by atoms with Gasteiger partial charge in [-0.25, -0.2) is 29.9 Å². The van der Waals surface area contributed by atoms with Gasteiger partial charge in [0.05, 0.1) is 5.41 Å². The number of fused-ring (bicyclic) bond motifs is 7. The monoisotopic (exact) mass is 810 g/mol. The summed E-state index contributed by atoms with van der Waals surface area (Å²) in [6.45, 7) is 4.51. The molecule has 0 amide bonds. The maximum absolute atomic E-state index is 5.16. The molecular formula is C57H42N6. The van der Waals surface area contributed by atoms with Crippen molar-refractivity contribution in [2.75, 3.05) is 0 Å². The molecule has 7 aromatic carbocycles. The SMILES string of the molecule is CCC(/C=C\C1=C(C)C2(c3cc(-c4nc(-c5ccccc5)nc(-c5ccccc5)n4)ccc31)c1ccccc1-c1ccccc12)c1nc(-c2ccccc2)nc(-c2ccccc2)n1. The van der Waals surface area contributed by atoms with Gasteiger partial charge in [-0.15, -0.1) is 0 Å². The largest absolute Gasteiger partial charge is 0.212 e. The number of rotatable bonds is 9. The molecule has 300 valence electrons. The van der Waals surface area contributed by atoms with E-state index in [4.69, 9.17) is 29.9 Å². The molecule has 63 heavy (non-hydrogen) atoms. The van der Waals surface area contributed by atoms with E-state index in [0.29, 0.717) is 29.1 Å². The van der Waals surface area contributed by atoms with E-state index in [0.717, 1.165) is 40.1 Å². The second-order valence-electron chi connectivity index (χ2n) is 16.1. The lowest BCUT2D eigenvalue weighted by molar-refractivity contribution is 0.733. The van der Waals surface area contributed by atoms with E-state index in [1.165, 1.54) is 44.5 Å². The summed E-state index contributed by atoms with van der Waals surface area (Å²) in [6, 6.07) is 65.2. The summed E-state index contributed by atoms with van der Waals surface area (Å²) in [6.07, 6.45) is 5.43. The highest BCUT2D eigenvalue weighted by atomic mass is 15.0. The summed E-state index contributed by atoms with van der Waals surface area (Å²) in [5.41, 5.74) is 14.1. The molecule has 2 aromatic heterocycles. The van der Waals surface area contributed by atoms with Crippen molar-refractivity contribution in [1.82, 2.24) is 29.9 Å². The highest BCUT2D eigenvalue weighted by Gasteiger charge is 2.51. The molecule has 0 saturated heterocycles. The molecule has 0 fully saturated rings. The zero-order valence-corrected chi connectivity index (χ0v) is 35.0. The first-order valence-electron chi connectivity index (χ1n) is 21.6.